The van der Waals surface area contributed by atoms with Gasteiger partial charge in [-0.1, -0.05) is 29.3 Å². The summed E-state index contributed by atoms with van der Waals surface area (Å²) >= 11 is 6.07. The summed E-state index contributed by atoms with van der Waals surface area (Å²) in [6, 6.07) is 5.52. The van der Waals surface area contributed by atoms with Crippen LogP contribution in [0.4, 0.5) is 11.5 Å². The van der Waals surface area contributed by atoms with Crippen LogP contribution in [0, 0.1) is 20.8 Å². The third-order valence-corrected chi connectivity index (χ3v) is 3.30. The number of aromatic carboxylic acids is 1. The van der Waals surface area contributed by atoms with Gasteiger partial charge in [-0.3, -0.25) is 0 Å². The van der Waals surface area contributed by atoms with E-state index in [0.717, 1.165) is 16.8 Å². The van der Waals surface area contributed by atoms with E-state index in [4.69, 9.17) is 16.7 Å². The fraction of sp³-hybridized carbons (Fsp3) is 0.200. The van der Waals surface area contributed by atoms with Crippen molar-refractivity contribution in [1.82, 2.24) is 4.98 Å². The number of nitrogens with one attached hydrogen (secondary N) is 1. The maximum absolute atomic E-state index is 10.8. The Kier molecular flexibility index (Phi) is 3.95. The van der Waals surface area contributed by atoms with E-state index in [1.807, 2.05) is 20.8 Å². The quantitative estimate of drug-likeness (QED) is 0.893. The highest BCUT2D eigenvalue weighted by molar-refractivity contribution is 6.33. The highest BCUT2D eigenvalue weighted by Gasteiger charge is 2.11. The first-order valence-corrected chi connectivity index (χ1v) is 6.50. The lowest BCUT2D eigenvalue weighted by Gasteiger charge is -2.14. The van der Waals surface area contributed by atoms with Gasteiger partial charge < -0.3 is 10.4 Å². The lowest BCUT2D eigenvalue weighted by atomic mass is 10.1. The number of hydrogen-bond acceptors (Lipinski definition) is 3. The van der Waals surface area contributed by atoms with Crippen LogP contribution in [0.5, 0.6) is 0 Å². The highest BCUT2D eigenvalue weighted by atomic mass is 35.5. The van der Waals surface area contributed by atoms with Crippen molar-refractivity contribution in [1.29, 1.82) is 0 Å². The first-order valence-electron chi connectivity index (χ1n) is 6.12. The summed E-state index contributed by atoms with van der Waals surface area (Å²) < 4.78 is 0. The van der Waals surface area contributed by atoms with Gasteiger partial charge in [-0.25, -0.2) is 9.78 Å². The molecule has 0 radical (unpaired) electrons. The smallest absolute Gasteiger partial charge is 0.337 e. The molecule has 0 aliphatic carbocycles. The van der Waals surface area contributed by atoms with Crippen molar-refractivity contribution in [3.05, 3.63) is 51.7 Å². The van der Waals surface area contributed by atoms with Crippen LogP contribution in [0.15, 0.2) is 24.4 Å². The molecule has 2 N–H and O–H groups in total. The average Bonchev–Trinajstić information content (AvgIpc) is 2.34. The fourth-order valence-electron chi connectivity index (χ4n) is 2.14. The van der Waals surface area contributed by atoms with Crippen LogP contribution in [-0.4, -0.2) is 16.1 Å². The Bertz CT molecular complexity index is 661. The van der Waals surface area contributed by atoms with E-state index in [0.29, 0.717) is 5.82 Å². The normalized spacial score (nSPS) is 10.4. The fourth-order valence-corrected chi connectivity index (χ4v) is 2.36. The summed E-state index contributed by atoms with van der Waals surface area (Å²) in [6.07, 6.45) is 1.29. The van der Waals surface area contributed by atoms with Crippen molar-refractivity contribution in [2.75, 3.05) is 5.32 Å². The molecule has 0 bridgehead atoms. The Hall–Kier alpha value is -2.07. The summed E-state index contributed by atoms with van der Waals surface area (Å²) in [5.74, 6) is -0.597. The molecule has 20 heavy (non-hydrogen) atoms. The molecule has 0 amide bonds. The molecule has 4 nitrogen and oxygen atoms in total. The number of anilines is 2. The Morgan fingerprint density at radius 1 is 1.20 bits per heavy atom. The number of nitrogens with zero attached hydrogens (tertiary/aromatic N) is 1. The number of carboxylic acids is 1. The summed E-state index contributed by atoms with van der Waals surface area (Å²) in [5.41, 5.74) is 4.36. The summed E-state index contributed by atoms with van der Waals surface area (Å²) in [5, 5.41) is 12.3. The van der Waals surface area contributed by atoms with Gasteiger partial charge in [0.15, 0.2) is 0 Å². The van der Waals surface area contributed by atoms with Crippen LogP contribution < -0.4 is 5.32 Å². The molecule has 0 saturated heterocycles. The molecule has 0 fully saturated rings. The lowest BCUT2D eigenvalue weighted by Crippen LogP contribution is -2.02. The zero-order valence-electron chi connectivity index (χ0n) is 11.5. The molecule has 0 aliphatic heterocycles. The van der Waals surface area contributed by atoms with E-state index < -0.39 is 5.97 Å². The largest absolute Gasteiger partial charge is 0.478 e. The summed E-state index contributed by atoms with van der Waals surface area (Å²) in [6.45, 7) is 6.04. The number of halogens is 1. The van der Waals surface area contributed by atoms with E-state index in [-0.39, 0.29) is 10.6 Å². The van der Waals surface area contributed by atoms with Gasteiger partial charge in [-0.05, 0) is 38.0 Å². The highest BCUT2D eigenvalue weighted by Crippen LogP contribution is 2.29. The number of hydrogen-bond donors (Lipinski definition) is 2. The maximum atomic E-state index is 10.8. The SMILES string of the molecule is Cc1cc(C)c(Nc2ncc(C(=O)O)cc2Cl)c(C)c1. The van der Waals surface area contributed by atoms with Gasteiger partial charge in [-0.15, -0.1) is 0 Å². The Balaban J connectivity index is 2.38. The molecule has 0 aliphatic rings. The second kappa shape index (κ2) is 5.51. The molecular weight excluding hydrogens is 276 g/mol. The van der Waals surface area contributed by atoms with Crippen molar-refractivity contribution in [2.24, 2.45) is 0 Å². The molecule has 0 atom stereocenters. The Morgan fingerprint density at radius 3 is 2.30 bits per heavy atom. The first kappa shape index (κ1) is 14.3. The number of aryl methyl sites for hydroxylation is 3. The predicted octanol–water partition coefficient (Wildman–Crippen LogP) is 4.10. The minimum absolute atomic E-state index is 0.0675. The van der Waals surface area contributed by atoms with Crippen molar-refractivity contribution < 1.29 is 9.90 Å². The van der Waals surface area contributed by atoms with Crippen LogP contribution in [0.3, 0.4) is 0 Å². The number of benzene rings is 1. The van der Waals surface area contributed by atoms with Crippen LogP contribution >= 0.6 is 11.6 Å². The van der Waals surface area contributed by atoms with Crippen LogP contribution in [0.1, 0.15) is 27.0 Å². The minimum Gasteiger partial charge on any atom is -0.478 e. The molecule has 0 saturated carbocycles. The topological polar surface area (TPSA) is 62.2 Å². The Labute approximate surface area is 122 Å². The van der Waals surface area contributed by atoms with Gasteiger partial charge in [0.05, 0.1) is 10.6 Å². The van der Waals surface area contributed by atoms with E-state index in [9.17, 15) is 4.79 Å². The maximum Gasteiger partial charge on any atom is 0.337 e. The van der Waals surface area contributed by atoms with E-state index in [1.54, 1.807) is 0 Å². The number of aromatic nitrogens is 1. The van der Waals surface area contributed by atoms with Crippen molar-refractivity contribution in [3.63, 3.8) is 0 Å². The average molecular weight is 291 g/mol. The van der Waals surface area contributed by atoms with Gasteiger partial charge in [0.2, 0.25) is 0 Å². The first-order chi connectivity index (χ1) is 9.38. The van der Waals surface area contributed by atoms with E-state index in [1.165, 1.54) is 17.8 Å². The molecule has 1 aromatic heterocycles. The zero-order valence-corrected chi connectivity index (χ0v) is 12.2. The van der Waals surface area contributed by atoms with Crippen molar-refractivity contribution in [3.8, 4) is 0 Å². The van der Waals surface area contributed by atoms with Crippen LogP contribution in [0.25, 0.3) is 0 Å². The molecule has 5 heteroatoms. The zero-order chi connectivity index (χ0) is 14.9. The Morgan fingerprint density at radius 2 is 1.80 bits per heavy atom. The number of pyridine rings is 1. The minimum atomic E-state index is -1.05. The van der Waals surface area contributed by atoms with E-state index >= 15 is 0 Å². The standard InChI is InChI=1S/C15H15ClN2O2/c1-8-4-9(2)13(10(3)5-8)18-14-12(16)6-11(7-17-14)15(19)20/h4-7H,1-3H3,(H,17,18)(H,19,20). The summed E-state index contributed by atoms with van der Waals surface area (Å²) in [7, 11) is 0. The molecule has 1 heterocycles. The molecule has 0 spiro atoms. The monoisotopic (exact) mass is 290 g/mol. The van der Waals surface area contributed by atoms with Crippen LogP contribution in [0.2, 0.25) is 5.02 Å². The molecule has 1 aromatic carbocycles. The third kappa shape index (κ3) is 2.91. The van der Waals surface area contributed by atoms with Crippen molar-refractivity contribution in [2.45, 2.75) is 20.8 Å². The van der Waals surface area contributed by atoms with E-state index in [2.05, 4.69) is 22.4 Å². The number of carboxylic acid groups (broad SMARTS) is 1. The predicted molar refractivity (Wildman–Crippen MR) is 80.1 cm³/mol. The van der Waals surface area contributed by atoms with Crippen LogP contribution in [-0.2, 0) is 0 Å². The molecule has 2 rings (SSSR count). The lowest BCUT2D eigenvalue weighted by molar-refractivity contribution is 0.0696. The second-order valence-corrected chi connectivity index (χ2v) is 5.17. The summed E-state index contributed by atoms with van der Waals surface area (Å²) in [4.78, 5) is 14.9. The molecule has 0 unspecified atom stereocenters. The molecule has 104 valence electrons. The van der Waals surface area contributed by atoms with Gasteiger partial charge in [0.25, 0.3) is 0 Å². The number of rotatable bonds is 3. The number of carbonyl (C=O) groups is 1. The molecule has 2 aromatic rings. The molecular formula is C15H15ClN2O2. The third-order valence-electron chi connectivity index (χ3n) is 3.01. The van der Waals surface area contributed by atoms with Crippen molar-refractivity contribution >= 4 is 29.1 Å². The van der Waals surface area contributed by atoms with Gasteiger partial charge in [0, 0.05) is 11.9 Å². The van der Waals surface area contributed by atoms with Gasteiger partial charge in [0.1, 0.15) is 5.82 Å². The van der Waals surface area contributed by atoms with Gasteiger partial charge >= 0.3 is 5.97 Å². The van der Waals surface area contributed by atoms with Gasteiger partial charge in [-0.2, -0.15) is 0 Å². The second-order valence-electron chi connectivity index (χ2n) is 4.76.